The maximum absolute atomic E-state index is 14.5. The topological polar surface area (TPSA) is 67.9 Å². The quantitative estimate of drug-likeness (QED) is 0.710. The Morgan fingerprint density at radius 2 is 1.93 bits per heavy atom. The first-order valence-electron chi connectivity index (χ1n) is 9.63. The highest BCUT2D eigenvalue weighted by Crippen LogP contribution is 2.51. The third kappa shape index (κ3) is 4.12. The molecule has 1 heterocycles. The molecule has 1 unspecified atom stereocenters. The normalized spacial score (nSPS) is 19.1. The Kier molecular flexibility index (Phi) is 6.59. The molecule has 0 bridgehead atoms. The molecule has 1 aliphatic rings. The summed E-state index contributed by atoms with van der Waals surface area (Å²) in [5.74, 6) is -1.57. The van der Waals surface area contributed by atoms with E-state index in [0.29, 0.717) is 19.4 Å². The molecule has 3 rings (SSSR count). The summed E-state index contributed by atoms with van der Waals surface area (Å²) >= 11 is 1.23. The lowest BCUT2D eigenvalue weighted by Crippen LogP contribution is -2.50. The van der Waals surface area contributed by atoms with E-state index in [1.165, 1.54) is 23.9 Å². The zero-order valence-electron chi connectivity index (χ0n) is 17.2. The number of benzene rings is 2. The van der Waals surface area contributed by atoms with E-state index >= 15 is 0 Å². The molecule has 160 valence electrons. The molecular formula is C22H25F2N3O2S. The predicted octanol–water partition coefficient (Wildman–Crippen LogP) is 4.22. The van der Waals surface area contributed by atoms with Crippen molar-refractivity contribution < 1.29 is 18.3 Å². The number of nitrogens with two attached hydrogens (primary N) is 1. The molecule has 30 heavy (non-hydrogen) atoms. The van der Waals surface area contributed by atoms with Crippen LogP contribution in [0.2, 0.25) is 0 Å². The second-order valence-corrected chi connectivity index (χ2v) is 8.77. The molecule has 0 saturated carbocycles. The minimum absolute atomic E-state index is 0.0126. The van der Waals surface area contributed by atoms with Crippen LogP contribution in [0.5, 0.6) is 0 Å². The van der Waals surface area contributed by atoms with Gasteiger partial charge < -0.3 is 10.5 Å². The molecule has 1 amide bonds. The number of carbonyl (C=O) groups is 1. The fraction of sp³-hybridized carbons (Fsp3) is 0.364. The predicted molar refractivity (Wildman–Crippen MR) is 115 cm³/mol. The maximum Gasteiger partial charge on any atom is 0.275 e. The van der Waals surface area contributed by atoms with Crippen LogP contribution in [0.4, 0.5) is 8.78 Å². The van der Waals surface area contributed by atoms with Crippen LogP contribution in [-0.2, 0) is 14.4 Å². The summed E-state index contributed by atoms with van der Waals surface area (Å²) in [6, 6.07) is 12.6. The second-order valence-electron chi connectivity index (χ2n) is 7.51. The van der Waals surface area contributed by atoms with E-state index in [1.54, 1.807) is 13.8 Å². The average molecular weight is 434 g/mol. The molecule has 0 radical (unpaired) electrons. The third-order valence-electron chi connectivity index (χ3n) is 5.12. The number of hydrazone groups is 1. The molecule has 0 fully saturated rings. The summed E-state index contributed by atoms with van der Waals surface area (Å²) in [6.45, 7) is 3.71. The van der Waals surface area contributed by atoms with Gasteiger partial charge in [0, 0.05) is 12.7 Å². The summed E-state index contributed by atoms with van der Waals surface area (Å²) in [7, 11) is 1.45. The van der Waals surface area contributed by atoms with Gasteiger partial charge in [0.15, 0.2) is 0 Å². The average Bonchev–Trinajstić information content (AvgIpc) is 3.14. The molecule has 0 aromatic heterocycles. The summed E-state index contributed by atoms with van der Waals surface area (Å²) in [6.07, 6.45) is 1.08. The van der Waals surface area contributed by atoms with Crippen LogP contribution in [0.25, 0.3) is 0 Å². The Balaban J connectivity index is 2.19. The molecule has 5 nitrogen and oxygen atoms in total. The van der Waals surface area contributed by atoms with E-state index in [1.807, 2.05) is 30.3 Å². The van der Waals surface area contributed by atoms with Crippen molar-refractivity contribution in [1.29, 1.82) is 0 Å². The molecule has 2 aromatic rings. The minimum Gasteiger partial charge on any atom is -0.369 e. The highest BCUT2D eigenvalue weighted by molar-refractivity contribution is 8.15. The Morgan fingerprint density at radius 3 is 2.57 bits per heavy atom. The second kappa shape index (κ2) is 8.83. The number of ether oxygens (including phenoxy) is 1. The molecule has 1 atom stereocenters. The van der Waals surface area contributed by atoms with Crippen LogP contribution in [0.3, 0.4) is 0 Å². The Bertz CT molecular complexity index is 953. The van der Waals surface area contributed by atoms with Crippen LogP contribution in [0.15, 0.2) is 53.6 Å². The molecular weight excluding hydrogens is 408 g/mol. The molecule has 0 spiro atoms. The first kappa shape index (κ1) is 22.4. The van der Waals surface area contributed by atoms with E-state index in [2.05, 4.69) is 5.10 Å². The van der Waals surface area contributed by atoms with Crippen molar-refractivity contribution >= 4 is 22.7 Å². The van der Waals surface area contributed by atoms with Gasteiger partial charge in [0.2, 0.25) is 0 Å². The lowest BCUT2D eigenvalue weighted by Gasteiger charge is -2.39. The van der Waals surface area contributed by atoms with Gasteiger partial charge in [0.1, 0.15) is 27.2 Å². The first-order valence-corrected chi connectivity index (χ1v) is 10.5. The van der Waals surface area contributed by atoms with E-state index < -0.39 is 22.1 Å². The third-order valence-corrected chi connectivity index (χ3v) is 6.57. The molecule has 2 N–H and O–H groups in total. The van der Waals surface area contributed by atoms with Crippen molar-refractivity contribution in [3.05, 3.63) is 71.3 Å². The van der Waals surface area contributed by atoms with E-state index in [4.69, 9.17) is 10.5 Å². The highest BCUT2D eigenvalue weighted by atomic mass is 32.2. The summed E-state index contributed by atoms with van der Waals surface area (Å²) in [4.78, 5) is 12.5. The molecule has 0 aliphatic carbocycles. The number of amides is 1. The van der Waals surface area contributed by atoms with Gasteiger partial charge in [-0.2, -0.15) is 5.10 Å². The number of hydrogen-bond donors (Lipinski definition) is 1. The number of thioether (sulfide) groups is 1. The van der Waals surface area contributed by atoms with Crippen molar-refractivity contribution in [2.75, 3.05) is 13.7 Å². The van der Waals surface area contributed by atoms with Gasteiger partial charge in [-0.05, 0) is 57.0 Å². The fourth-order valence-electron chi connectivity index (χ4n) is 3.24. The van der Waals surface area contributed by atoms with Gasteiger partial charge in [-0.25, -0.2) is 13.8 Å². The highest BCUT2D eigenvalue weighted by Gasteiger charge is 2.51. The summed E-state index contributed by atoms with van der Waals surface area (Å²) < 4.78 is 33.8. The Labute approximate surface area is 179 Å². The zero-order chi connectivity index (χ0) is 21.9. The number of nitrogens with zero attached hydrogens (tertiary/aromatic N) is 2. The Hall–Kier alpha value is -2.29. The number of rotatable bonds is 7. The minimum atomic E-state index is -1.16. The molecule has 2 aromatic carbocycles. The zero-order valence-corrected chi connectivity index (χ0v) is 18.0. The van der Waals surface area contributed by atoms with E-state index in [9.17, 15) is 13.6 Å². The number of halogens is 2. The first-order chi connectivity index (χ1) is 14.2. The van der Waals surface area contributed by atoms with Crippen molar-refractivity contribution in [3.63, 3.8) is 0 Å². The largest absolute Gasteiger partial charge is 0.369 e. The van der Waals surface area contributed by atoms with Crippen molar-refractivity contribution in [2.24, 2.45) is 10.8 Å². The van der Waals surface area contributed by atoms with Gasteiger partial charge in [-0.1, -0.05) is 42.1 Å². The monoisotopic (exact) mass is 433 g/mol. The van der Waals surface area contributed by atoms with Gasteiger partial charge in [0.25, 0.3) is 5.91 Å². The van der Waals surface area contributed by atoms with Crippen molar-refractivity contribution in [1.82, 2.24) is 5.01 Å². The maximum atomic E-state index is 14.5. The van der Waals surface area contributed by atoms with Crippen molar-refractivity contribution in [2.45, 2.75) is 37.2 Å². The standard InChI is InChI=1S/C22H25F2N3O2S/c1-21(2,29-3)20(28)27-22(12-7-13-25,15-8-5-4-6-9-15)30-19(26-27)17-14-16(23)10-11-18(17)24/h4-6,8-11,14H,7,12-13,25H2,1-3H3. The van der Waals surface area contributed by atoms with Crippen LogP contribution in [0, 0.1) is 11.6 Å². The SMILES string of the molecule is COC(C)(C)C(=O)N1N=C(c2cc(F)ccc2F)SC1(CCCN)c1ccccc1. The van der Waals surface area contributed by atoms with Crippen molar-refractivity contribution in [3.8, 4) is 0 Å². The molecule has 1 aliphatic heterocycles. The van der Waals surface area contributed by atoms with Gasteiger partial charge in [-0.15, -0.1) is 0 Å². The number of carbonyl (C=O) groups excluding carboxylic acids is 1. The molecule has 8 heteroatoms. The lowest BCUT2D eigenvalue weighted by atomic mass is 9.98. The van der Waals surface area contributed by atoms with E-state index in [0.717, 1.165) is 23.8 Å². The van der Waals surface area contributed by atoms with Crippen LogP contribution < -0.4 is 5.73 Å². The van der Waals surface area contributed by atoms with Crippen LogP contribution in [0.1, 0.15) is 37.8 Å². The summed E-state index contributed by atoms with van der Waals surface area (Å²) in [5, 5.41) is 6.08. The number of hydrogen-bond acceptors (Lipinski definition) is 5. The van der Waals surface area contributed by atoms with Gasteiger partial charge >= 0.3 is 0 Å². The van der Waals surface area contributed by atoms with Gasteiger partial charge in [-0.3, -0.25) is 4.79 Å². The molecule has 0 saturated heterocycles. The number of methoxy groups -OCH3 is 1. The van der Waals surface area contributed by atoms with Gasteiger partial charge in [0.05, 0.1) is 0 Å². The fourth-order valence-corrected chi connectivity index (χ4v) is 4.66. The van der Waals surface area contributed by atoms with E-state index in [-0.39, 0.29) is 16.5 Å². The Morgan fingerprint density at radius 1 is 1.23 bits per heavy atom. The smallest absolute Gasteiger partial charge is 0.275 e. The van der Waals surface area contributed by atoms with Crippen LogP contribution in [-0.4, -0.2) is 35.2 Å². The lowest BCUT2D eigenvalue weighted by molar-refractivity contribution is -0.155. The summed E-state index contributed by atoms with van der Waals surface area (Å²) in [5.41, 5.74) is 5.45. The van der Waals surface area contributed by atoms with Crippen LogP contribution >= 0.6 is 11.8 Å².